The van der Waals surface area contributed by atoms with Crippen LogP contribution in [0, 0.1) is 26.2 Å². The average Bonchev–Trinajstić information content (AvgIpc) is 2.22. The highest BCUT2D eigenvalue weighted by atomic mass is 35.5. The molecule has 0 amide bonds. The summed E-state index contributed by atoms with van der Waals surface area (Å²) < 4.78 is 0. The normalized spacial score (nSPS) is 11.6. The molecule has 0 spiro atoms. The van der Waals surface area contributed by atoms with Crippen LogP contribution in [0.5, 0.6) is 0 Å². The molecule has 1 nitrogen and oxygen atoms in total. The second-order valence-corrected chi connectivity index (χ2v) is 5.37. The zero-order valence-electron chi connectivity index (χ0n) is 10.6. The number of alkyl halides is 1. The van der Waals surface area contributed by atoms with Gasteiger partial charge in [0, 0.05) is 16.9 Å². The lowest BCUT2D eigenvalue weighted by atomic mass is 9.83. The monoisotopic (exact) mass is 238 g/mol. The largest absolute Gasteiger partial charge is 0.294 e. The zero-order valence-corrected chi connectivity index (χ0v) is 11.4. The van der Waals surface area contributed by atoms with Crippen molar-refractivity contribution in [3.05, 3.63) is 34.4 Å². The van der Waals surface area contributed by atoms with E-state index in [9.17, 15) is 4.79 Å². The second-order valence-electron chi connectivity index (χ2n) is 5.10. The first-order valence-corrected chi connectivity index (χ1v) is 6.01. The van der Waals surface area contributed by atoms with E-state index in [0.29, 0.717) is 5.88 Å². The molecule has 1 aromatic carbocycles. The standard InChI is InChI=1S/C14H19ClO/c1-9-6-11(3)12(7-10(9)2)13(16)14(4,5)8-15/h6-7H,8H2,1-5H3. The van der Waals surface area contributed by atoms with Crippen LogP contribution in [0.25, 0.3) is 0 Å². The minimum Gasteiger partial charge on any atom is -0.294 e. The fraction of sp³-hybridized carbons (Fsp3) is 0.500. The van der Waals surface area contributed by atoms with Crippen LogP contribution in [-0.4, -0.2) is 11.7 Å². The Kier molecular flexibility index (Phi) is 3.80. The summed E-state index contributed by atoms with van der Waals surface area (Å²) in [4.78, 5) is 12.3. The maximum Gasteiger partial charge on any atom is 0.169 e. The van der Waals surface area contributed by atoms with E-state index in [0.717, 1.165) is 16.7 Å². The van der Waals surface area contributed by atoms with Gasteiger partial charge in [-0.25, -0.2) is 0 Å². The molecule has 0 atom stereocenters. The number of carbonyl (C=O) groups excluding carboxylic acids is 1. The van der Waals surface area contributed by atoms with E-state index < -0.39 is 5.41 Å². The minimum absolute atomic E-state index is 0.128. The van der Waals surface area contributed by atoms with Crippen LogP contribution in [0.4, 0.5) is 0 Å². The first-order valence-electron chi connectivity index (χ1n) is 5.48. The Morgan fingerprint density at radius 1 is 1.12 bits per heavy atom. The highest BCUT2D eigenvalue weighted by Crippen LogP contribution is 2.26. The zero-order chi connectivity index (χ0) is 12.5. The summed E-state index contributed by atoms with van der Waals surface area (Å²) in [5.41, 5.74) is 3.71. The topological polar surface area (TPSA) is 17.1 Å². The van der Waals surface area contributed by atoms with Crippen molar-refractivity contribution in [3.8, 4) is 0 Å². The Labute approximate surface area is 103 Å². The summed E-state index contributed by atoms with van der Waals surface area (Å²) >= 11 is 5.84. The molecule has 0 aromatic heterocycles. The van der Waals surface area contributed by atoms with Gasteiger partial charge in [0.25, 0.3) is 0 Å². The van der Waals surface area contributed by atoms with E-state index in [4.69, 9.17) is 11.6 Å². The molecule has 88 valence electrons. The van der Waals surface area contributed by atoms with E-state index in [1.165, 1.54) is 5.56 Å². The van der Waals surface area contributed by atoms with E-state index in [1.54, 1.807) is 0 Å². The van der Waals surface area contributed by atoms with Crippen molar-refractivity contribution < 1.29 is 4.79 Å². The van der Waals surface area contributed by atoms with Crippen molar-refractivity contribution in [2.24, 2.45) is 5.41 Å². The molecular weight excluding hydrogens is 220 g/mol. The third-order valence-electron chi connectivity index (χ3n) is 3.03. The van der Waals surface area contributed by atoms with Gasteiger partial charge in [-0.3, -0.25) is 4.79 Å². The molecule has 16 heavy (non-hydrogen) atoms. The highest BCUT2D eigenvalue weighted by molar-refractivity contribution is 6.21. The fourth-order valence-electron chi connectivity index (χ4n) is 1.63. The molecule has 0 unspecified atom stereocenters. The number of carbonyl (C=O) groups is 1. The van der Waals surface area contributed by atoms with E-state index >= 15 is 0 Å². The van der Waals surface area contributed by atoms with Gasteiger partial charge in [-0.1, -0.05) is 19.9 Å². The summed E-state index contributed by atoms with van der Waals surface area (Å²) in [5, 5.41) is 0. The molecule has 0 heterocycles. The maximum atomic E-state index is 12.3. The summed E-state index contributed by atoms with van der Waals surface area (Å²) in [7, 11) is 0. The number of hydrogen-bond acceptors (Lipinski definition) is 1. The minimum atomic E-state index is -0.492. The molecule has 2 heteroatoms. The van der Waals surface area contributed by atoms with Gasteiger partial charge in [-0.15, -0.1) is 11.6 Å². The molecule has 0 aliphatic rings. The Morgan fingerprint density at radius 2 is 1.62 bits per heavy atom. The molecule has 0 saturated heterocycles. The molecule has 0 bridgehead atoms. The van der Waals surface area contributed by atoms with Crippen molar-refractivity contribution in [1.82, 2.24) is 0 Å². The van der Waals surface area contributed by atoms with Crippen LogP contribution >= 0.6 is 11.6 Å². The van der Waals surface area contributed by atoms with Crippen LogP contribution in [0.1, 0.15) is 40.9 Å². The quantitative estimate of drug-likeness (QED) is 0.573. The van der Waals surface area contributed by atoms with Crippen molar-refractivity contribution in [3.63, 3.8) is 0 Å². The summed E-state index contributed by atoms with van der Waals surface area (Å²) in [6, 6.07) is 4.04. The van der Waals surface area contributed by atoms with Gasteiger partial charge in [0.1, 0.15) is 0 Å². The molecule has 0 saturated carbocycles. The predicted octanol–water partition coefficient (Wildman–Crippen LogP) is 4.06. The Hall–Kier alpha value is -0.820. The number of ketones is 1. The fourth-order valence-corrected chi connectivity index (χ4v) is 1.75. The number of rotatable bonds is 3. The SMILES string of the molecule is Cc1cc(C)c(C(=O)C(C)(C)CCl)cc1C. The van der Waals surface area contributed by atoms with Gasteiger partial charge >= 0.3 is 0 Å². The predicted molar refractivity (Wildman–Crippen MR) is 69.5 cm³/mol. The van der Waals surface area contributed by atoms with Gasteiger partial charge in [0.2, 0.25) is 0 Å². The van der Waals surface area contributed by atoms with Crippen molar-refractivity contribution >= 4 is 17.4 Å². The molecule has 1 aromatic rings. The highest BCUT2D eigenvalue weighted by Gasteiger charge is 2.28. The molecule has 0 aliphatic heterocycles. The number of Topliss-reactive ketones (excluding diaryl/α,β-unsaturated/α-hetero) is 1. The molecular formula is C14H19ClO. The summed E-state index contributed by atoms with van der Waals surface area (Å²) in [5.74, 6) is 0.473. The van der Waals surface area contributed by atoms with Crippen molar-refractivity contribution in [2.75, 3.05) is 5.88 Å². The van der Waals surface area contributed by atoms with E-state index in [2.05, 4.69) is 13.0 Å². The molecule has 0 fully saturated rings. The molecule has 1 rings (SSSR count). The number of hydrogen-bond donors (Lipinski definition) is 0. The smallest absolute Gasteiger partial charge is 0.169 e. The van der Waals surface area contributed by atoms with Gasteiger partial charge in [0.05, 0.1) is 0 Å². The first-order chi connectivity index (χ1) is 7.29. The number of aryl methyl sites for hydroxylation is 3. The summed E-state index contributed by atoms with van der Waals surface area (Å²) in [6.45, 7) is 9.83. The van der Waals surface area contributed by atoms with Crippen molar-refractivity contribution in [2.45, 2.75) is 34.6 Å². The Balaban J connectivity index is 3.25. The van der Waals surface area contributed by atoms with Gasteiger partial charge < -0.3 is 0 Å². The summed E-state index contributed by atoms with van der Waals surface area (Å²) in [6.07, 6.45) is 0. The third-order valence-corrected chi connectivity index (χ3v) is 3.70. The van der Waals surface area contributed by atoms with Crippen LogP contribution in [0.3, 0.4) is 0 Å². The second kappa shape index (κ2) is 4.58. The van der Waals surface area contributed by atoms with Crippen LogP contribution in [-0.2, 0) is 0 Å². The van der Waals surface area contributed by atoms with Crippen LogP contribution in [0.15, 0.2) is 12.1 Å². The van der Waals surface area contributed by atoms with Gasteiger partial charge in [0.15, 0.2) is 5.78 Å². The lowest BCUT2D eigenvalue weighted by Gasteiger charge is -2.21. The lowest BCUT2D eigenvalue weighted by molar-refractivity contribution is 0.0861. The number of halogens is 1. The number of benzene rings is 1. The van der Waals surface area contributed by atoms with E-state index in [-0.39, 0.29) is 5.78 Å². The molecule has 0 N–H and O–H groups in total. The first kappa shape index (κ1) is 13.2. The van der Waals surface area contributed by atoms with Crippen LogP contribution in [0.2, 0.25) is 0 Å². The van der Waals surface area contributed by atoms with Crippen molar-refractivity contribution in [1.29, 1.82) is 0 Å². The van der Waals surface area contributed by atoms with Crippen LogP contribution < -0.4 is 0 Å². The Morgan fingerprint density at radius 3 is 2.12 bits per heavy atom. The van der Waals surface area contributed by atoms with Gasteiger partial charge in [-0.05, 0) is 43.5 Å². The third kappa shape index (κ3) is 2.46. The van der Waals surface area contributed by atoms with Gasteiger partial charge in [-0.2, -0.15) is 0 Å². The van der Waals surface area contributed by atoms with E-state index in [1.807, 2.05) is 33.8 Å². The Bertz CT molecular complexity index is 419. The molecule has 0 radical (unpaired) electrons. The lowest BCUT2D eigenvalue weighted by Crippen LogP contribution is -2.27. The molecule has 0 aliphatic carbocycles. The average molecular weight is 239 g/mol. The maximum absolute atomic E-state index is 12.3.